The molecule has 0 spiro atoms. The summed E-state index contributed by atoms with van der Waals surface area (Å²) in [4.78, 5) is 0. The number of thiocyanates is 3. The molecule has 0 rings (SSSR count). The van der Waals surface area contributed by atoms with E-state index < -0.39 is 0 Å². The van der Waals surface area contributed by atoms with Crippen molar-refractivity contribution in [2.45, 2.75) is 0 Å². The predicted octanol–water partition coefficient (Wildman–Crippen LogP) is 0.0431. The second-order valence-corrected chi connectivity index (χ2v) is 0.822. The summed E-state index contributed by atoms with van der Waals surface area (Å²) in [5, 5.41) is 25.4. The molecule has 0 N–H and O–H groups in total. The summed E-state index contributed by atoms with van der Waals surface area (Å²) < 4.78 is 0. The number of hydrogen-bond donors (Lipinski definition) is 0. The van der Waals surface area contributed by atoms with Crippen LogP contribution in [-0.4, -0.2) is 0 Å². The smallest absolute Gasteiger partial charge is 0.696 e. The van der Waals surface area contributed by atoms with Gasteiger partial charge in [0.05, 0.1) is 0 Å². The van der Waals surface area contributed by atoms with Crippen LogP contribution >= 0.6 is 0 Å². The van der Waals surface area contributed by atoms with Crippen LogP contribution < -0.4 is 0 Å². The largest absolute Gasteiger partial charge is 3.00 e. The van der Waals surface area contributed by atoms with Crippen molar-refractivity contribution < 1.29 is 35.6 Å². The summed E-state index contributed by atoms with van der Waals surface area (Å²) in [5.74, 6) is 0. The molecule has 0 aromatic heterocycles. The van der Waals surface area contributed by atoms with Crippen LogP contribution in [0.25, 0.3) is 0 Å². The Balaban J connectivity index is -0.0000000257. The molecule has 0 amide bonds. The molecule has 48 valence electrons. The maximum absolute atomic E-state index is 7.13. The number of hydrogen-bond acceptors (Lipinski definition) is 6. The molecular weight excluding hydrogens is 313 g/mol. The second kappa shape index (κ2) is 58.5. The Morgan fingerprint density at radius 1 is 0.700 bits per heavy atom. The maximum atomic E-state index is 7.13. The quantitative estimate of drug-likeness (QED) is 0.465. The van der Waals surface area contributed by atoms with E-state index in [4.69, 9.17) is 15.8 Å². The fourth-order valence-electron chi connectivity index (χ4n) is 0. The van der Waals surface area contributed by atoms with Crippen LogP contribution in [0.4, 0.5) is 0 Å². The standard InChI is InChI=1S/3CHNS.La/c3*2-1-3;/h3*3H;/q;;;+3/p-3. The third kappa shape index (κ3) is 4230. The van der Waals surface area contributed by atoms with Crippen molar-refractivity contribution in [3.8, 4) is 16.2 Å². The van der Waals surface area contributed by atoms with Crippen LogP contribution in [0.2, 0.25) is 0 Å². The van der Waals surface area contributed by atoms with Crippen LogP contribution in [0.3, 0.4) is 0 Å². The number of rotatable bonds is 0. The van der Waals surface area contributed by atoms with Gasteiger partial charge in [-0.15, -0.1) is 0 Å². The number of nitriles is 3. The van der Waals surface area contributed by atoms with Crippen molar-refractivity contribution in [1.29, 1.82) is 15.8 Å². The summed E-state index contributed by atoms with van der Waals surface area (Å²) in [6.07, 6.45) is 0. The first kappa shape index (κ1) is 22.4. The molecule has 0 saturated heterocycles. The Bertz CT molecular complexity index is 112. The molecule has 0 atom stereocenters. The molecular formula is C3LaN3S3. The molecule has 7 heteroatoms. The van der Waals surface area contributed by atoms with Crippen molar-refractivity contribution in [1.82, 2.24) is 0 Å². The molecule has 0 bridgehead atoms. The Kier molecular flexibility index (Phi) is 131. The Morgan fingerprint density at radius 2 is 0.700 bits per heavy atom. The zero-order valence-electron chi connectivity index (χ0n) is 4.64. The topological polar surface area (TPSA) is 71.4 Å². The fraction of sp³-hybridized carbons (Fsp3) is 0. The van der Waals surface area contributed by atoms with Crippen LogP contribution in [0, 0.1) is 67.6 Å². The van der Waals surface area contributed by atoms with E-state index in [0.29, 0.717) is 0 Å². The summed E-state index contributed by atoms with van der Waals surface area (Å²) in [5.41, 5.74) is 0. The van der Waals surface area contributed by atoms with E-state index in [9.17, 15) is 0 Å². The number of nitrogens with zero attached hydrogens (tertiary/aromatic N) is 3. The van der Waals surface area contributed by atoms with Gasteiger partial charge >= 0.3 is 35.6 Å². The van der Waals surface area contributed by atoms with E-state index in [0.717, 1.165) is 0 Å². The first-order valence-corrected chi connectivity index (χ1v) is 2.51. The Morgan fingerprint density at radius 3 is 0.700 bits per heavy atom. The van der Waals surface area contributed by atoms with Crippen LogP contribution in [0.1, 0.15) is 0 Å². The third-order valence-corrected chi connectivity index (χ3v) is 0. The van der Waals surface area contributed by atoms with Gasteiger partial charge in [0.1, 0.15) is 0 Å². The molecule has 0 aromatic rings. The van der Waals surface area contributed by atoms with E-state index in [1.807, 2.05) is 0 Å². The summed E-state index contributed by atoms with van der Waals surface area (Å²) >= 11 is 11.1. The fourth-order valence-corrected chi connectivity index (χ4v) is 0. The zero-order valence-corrected chi connectivity index (χ0v) is 10.7. The summed E-state index contributed by atoms with van der Waals surface area (Å²) in [7, 11) is 0. The van der Waals surface area contributed by atoms with E-state index >= 15 is 0 Å². The molecule has 0 fully saturated rings. The van der Waals surface area contributed by atoms with Gasteiger partial charge in [-0.1, -0.05) is 16.2 Å². The van der Waals surface area contributed by atoms with E-state index in [1.54, 1.807) is 0 Å². The molecule has 0 aliphatic rings. The van der Waals surface area contributed by atoms with Crippen LogP contribution in [0.5, 0.6) is 0 Å². The van der Waals surface area contributed by atoms with Crippen molar-refractivity contribution in [3.63, 3.8) is 0 Å². The van der Waals surface area contributed by atoms with Gasteiger partial charge < -0.3 is 37.9 Å². The summed E-state index contributed by atoms with van der Waals surface area (Å²) in [6, 6.07) is 0. The molecule has 0 aliphatic heterocycles. The Hall–Kier alpha value is 0.325. The maximum Gasteiger partial charge on any atom is 3.00 e. The van der Waals surface area contributed by atoms with Crippen molar-refractivity contribution >= 4 is 37.9 Å². The first-order chi connectivity index (χ1) is 4.24. The Labute approximate surface area is 104 Å². The minimum absolute atomic E-state index is 0. The van der Waals surface area contributed by atoms with Crippen LogP contribution in [0.15, 0.2) is 0 Å². The predicted molar refractivity (Wildman–Crippen MR) is 38.9 cm³/mol. The SMILES string of the molecule is N#C[S-].N#C[S-].N#C[S-].[La+3]. The van der Waals surface area contributed by atoms with E-state index in [1.165, 1.54) is 16.2 Å². The van der Waals surface area contributed by atoms with E-state index in [2.05, 4.69) is 37.9 Å². The second-order valence-electron chi connectivity index (χ2n) is 0.274. The first-order valence-electron chi connectivity index (χ1n) is 1.28. The van der Waals surface area contributed by atoms with Gasteiger partial charge in [-0.05, 0) is 0 Å². The average molecular weight is 313 g/mol. The van der Waals surface area contributed by atoms with Crippen molar-refractivity contribution in [2.75, 3.05) is 0 Å². The van der Waals surface area contributed by atoms with Gasteiger partial charge in [0, 0.05) is 0 Å². The zero-order chi connectivity index (χ0) is 8.12. The van der Waals surface area contributed by atoms with Crippen molar-refractivity contribution in [3.05, 3.63) is 0 Å². The van der Waals surface area contributed by atoms with Gasteiger partial charge in [-0.2, -0.15) is 0 Å². The van der Waals surface area contributed by atoms with Crippen LogP contribution in [-0.2, 0) is 37.9 Å². The average Bonchev–Trinajstić information content (AvgIpc) is 1.70. The van der Waals surface area contributed by atoms with Gasteiger partial charge in [0.15, 0.2) is 0 Å². The molecule has 0 heterocycles. The molecule has 0 aromatic carbocycles. The van der Waals surface area contributed by atoms with Gasteiger partial charge in [-0.3, -0.25) is 0 Å². The van der Waals surface area contributed by atoms with E-state index in [-0.39, 0.29) is 35.6 Å². The molecule has 0 unspecified atom stereocenters. The molecule has 10 heavy (non-hydrogen) atoms. The minimum Gasteiger partial charge on any atom is -0.696 e. The monoisotopic (exact) mass is 313 g/mol. The van der Waals surface area contributed by atoms with Crippen molar-refractivity contribution in [2.24, 2.45) is 0 Å². The molecule has 0 aliphatic carbocycles. The van der Waals surface area contributed by atoms with Gasteiger partial charge in [0.25, 0.3) is 0 Å². The molecule has 3 nitrogen and oxygen atoms in total. The molecule has 0 saturated carbocycles. The van der Waals surface area contributed by atoms with Gasteiger partial charge in [-0.25, -0.2) is 15.8 Å². The molecule has 0 radical (unpaired) electrons. The summed E-state index contributed by atoms with van der Waals surface area (Å²) in [6.45, 7) is 0. The van der Waals surface area contributed by atoms with Gasteiger partial charge in [0.2, 0.25) is 0 Å². The minimum atomic E-state index is 0. The normalized spacial score (nSPS) is 2.10. The third-order valence-electron chi connectivity index (χ3n) is 0.